The quantitative estimate of drug-likeness (QED) is 0.802. The molecule has 0 unspecified atom stereocenters. The second-order valence-corrected chi connectivity index (χ2v) is 5.25. The van der Waals surface area contributed by atoms with Gasteiger partial charge in [0.2, 0.25) is 0 Å². The van der Waals surface area contributed by atoms with E-state index in [-0.39, 0.29) is 0 Å². The topological polar surface area (TPSA) is 51.0 Å². The molecule has 0 saturated carbocycles. The van der Waals surface area contributed by atoms with Gasteiger partial charge in [0.1, 0.15) is 5.01 Å². The first-order valence-corrected chi connectivity index (χ1v) is 6.67. The van der Waals surface area contributed by atoms with E-state index in [1.54, 1.807) is 17.6 Å². The van der Waals surface area contributed by atoms with Gasteiger partial charge in [-0.2, -0.15) is 0 Å². The zero-order valence-corrected chi connectivity index (χ0v) is 11.0. The van der Waals surface area contributed by atoms with Crippen LogP contribution in [-0.2, 0) is 6.42 Å². The van der Waals surface area contributed by atoms with Gasteiger partial charge in [0.25, 0.3) is 0 Å². The maximum Gasteiger partial charge on any atom is 0.183 e. The Morgan fingerprint density at radius 2 is 2.29 bits per heavy atom. The number of hydrogen-bond donors (Lipinski definition) is 1. The fourth-order valence-electron chi connectivity index (χ4n) is 1.48. The van der Waals surface area contributed by atoms with E-state index >= 15 is 0 Å². The highest BCUT2D eigenvalue weighted by molar-refractivity contribution is 7.14. The van der Waals surface area contributed by atoms with E-state index in [0.717, 1.165) is 35.2 Å². The number of rotatable bonds is 6. The molecule has 0 bridgehead atoms. The second kappa shape index (κ2) is 5.93. The van der Waals surface area contributed by atoms with Crippen LogP contribution in [0.1, 0.15) is 25.3 Å². The number of hydrogen-bond acceptors (Lipinski definition) is 5. The van der Waals surface area contributed by atoms with Gasteiger partial charge in [-0.1, -0.05) is 25.2 Å². The average molecular weight is 251 g/mol. The molecule has 0 radical (unpaired) electrons. The first-order valence-electron chi connectivity index (χ1n) is 5.85. The zero-order valence-electron chi connectivity index (χ0n) is 10.1. The van der Waals surface area contributed by atoms with Crippen LogP contribution in [-0.4, -0.2) is 22.8 Å². The molecule has 92 valence electrons. The molecular formula is C12H17N3OS. The summed E-state index contributed by atoms with van der Waals surface area (Å²) in [6.07, 6.45) is 3.71. The van der Waals surface area contributed by atoms with Crippen LogP contribution in [0.15, 0.2) is 22.8 Å². The number of aryl methyl sites for hydroxylation is 1. The molecule has 4 nitrogen and oxygen atoms in total. The summed E-state index contributed by atoms with van der Waals surface area (Å²) < 4.78 is 5.29. The number of furan rings is 1. The average Bonchev–Trinajstić information content (AvgIpc) is 2.94. The fourth-order valence-corrected chi connectivity index (χ4v) is 2.33. The fraction of sp³-hybridized carbons (Fsp3) is 0.500. The molecule has 17 heavy (non-hydrogen) atoms. The van der Waals surface area contributed by atoms with Crippen LogP contribution in [0.5, 0.6) is 0 Å². The minimum absolute atomic E-state index is 0.545. The van der Waals surface area contributed by atoms with Gasteiger partial charge in [0, 0.05) is 12.5 Å². The highest BCUT2D eigenvalue weighted by atomic mass is 32.1. The first-order chi connectivity index (χ1) is 8.25. The lowest BCUT2D eigenvalue weighted by atomic mass is 10.3. The second-order valence-electron chi connectivity index (χ2n) is 4.19. The summed E-state index contributed by atoms with van der Waals surface area (Å²) in [4.78, 5) is 0. The molecular weight excluding hydrogens is 234 g/mol. The van der Waals surface area contributed by atoms with Crippen molar-refractivity contribution in [2.75, 3.05) is 6.54 Å². The van der Waals surface area contributed by atoms with Crippen molar-refractivity contribution in [1.29, 1.82) is 0 Å². The largest absolute Gasteiger partial charge is 0.462 e. The van der Waals surface area contributed by atoms with Crippen molar-refractivity contribution in [2.24, 2.45) is 0 Å². The first kappa shape index (κ1) is 12.3. The van der Waals surface area contributed by atoms with Gasteiger partial charge in [0.15, 0.2) is 10.8 Å². The third kappa shape index (κ3) is 3.64. The Kier molecular flexibility index (Phi) is 4.28. The van der Waals surface area contributed by atoms with Gasteiger partial charge >= 0.3 is 0 Å². The van der Waals surface area contributed by atoms with Gasteiger partial charge in [-0.05, 0) is 25.1 Å². The summed E-state index contributed by atoms with van der Waals surface area (Å²) in [5, 5.41) is 13.6. The van der Waals surface area contributed by atoms with Crippen molar-refractivity contribution in [1.82, 2.24) is 15.5 Å². The third-order valence-electron chi connectivity index (χ3n) is 2.32. The van der Waals surface area contributed by atoms with Gasteiger partial charge in [-0.3, -0.25) is 0 Å². The summed E-state index contributed by atoms with van der Waals surface area (Å²) >= 11 is 1.61. The molecule has 0 aliphatic heterocycles. The predicted octanol–water partition coefficient (Wildman–Crippen LogP) is 2.73. The van der Waals surface area contributed by atoms with Crippen LogP contribution < -0.4 is 5.32 Å². The minimum atomic E-state index is 0.545. The van der Waals surface area contributed by atoms with Gasteiger partial charge in [-0.25, -0.2) is 0 Å². The molecule has 2 heterocycles. The number of aromatic nitrogens is 2. The van der Waals surface area contributed by atoms with E-state index < -0.39 is 0 Å². The Morgan fingerprint density at radius 1 is 1.41 bits per heavy atom. The van der Waals surface area contributed by atoms with Gasteiger partial charge in [0.05, 0.1) is 6.26 Å². The summed E-state index contributed by atoms with van der Waals surface area (Å²) in [5.74, 6) is 0.800. The molecule has 0 spiro atoms. The van der Waals surface area contributed by atoms with Gasteiger partial charge in [-0.15, -0.1) is 10.2 Å². The Morgan fingerprint density at radius 3 is 3.00 bits per heavy atom. The molecule has 5 heteroatoms. The molecule has 2 aromatic rings. The summed E-state index contributed by atoms with van der Waals surface area (Å²) in [6.45, 7) is 5.33. The Labute approximate surface area is 105 Å². The van der Waals surface area contributed by atoms with E-state index in [2.05, 4.69) is 29.4 Å². The van der Waals surface area contributed by atoms with Crippen molar-refractivity contribution >= 4 is 11.3 Å². The van der Waals surface area contributed by atoms with E-state index in [9.17, 15) is 0 Å². The Balaban J connectivity index is 1.83. The molecule has 0 aromatic carbocycles. The summed E-state index contributed by atoms with van der Waals surface area (Å²) in [7, 11) is 0. The van der Waals surface area contributed by atoms with Crippen molar-refractivity contribution in [3.8, 4) is 10.8 Å². The maximum absolute atomic E-state index is 5.29. The van der Waals surface area contributed by atoms with Crippen molar-refractivity contribution in [3.05, 3.63) is 23.4 Å². The minimum Gasteiger partial charge on any atom is -0.462 e. The zero-order chi connectivity index (χ0) is 12.1. The van der Waals surface area contributed by atoms with Crippen molar-refractivity contribution in [2.45, 2.75) is 32.7 Å². The highest BCUT2D eigenvalue weighted by Crippen LogP contribution is 2.24. The summed E-state index contributed by atoms with van der Waals surface area (Å²) in [6, 6.07) is 4.32. The third-order valence-corrected chi connectivity index (χ3v) is 3.32. The molecule has 0 aliphatic carbocycles. The molecule has 2 rings (SSSR count). The Bertz CT molecular complexity index is 436. The molecule has 2 aromatic heterocycles. The molecule has 0 atom stereocenters. The SMILES string of the molecule is CC(C)NCCCc1nnc(-c2ccco2)s1. The number of nitrogens with one attached hydrogen (secondary N) is 1. The van der Waals surface area contributed by atoms with Crippen LogP contribution in [0, 0.1) is 0 Å². The lowest BCUT2D eigenvalue weighted by Gasteiger charge is -2.05. The van der Waals surface area contributed by atoms with E-state index in [1.165, 1.54) is 0 Å². The van der Waals surface area contributed by atoms with Crippen molar-refractivity contribution in [3.63, 3.8) is 0 Å². The molecule has 0 amide bonds. The van der Waals surface area contributed by atoms with Crippen LogP contribution in [0.3, 0.4) is 0 Å². The van der Waals surface area contributed by atoms with Crippen molar-refractivity contribution < 1.29 is 4.42 Å². The monoisotopic (exact) mass is 251 g/mol. The van der Waals surface area contributed by atoms with Crippen LogP contribution in [0.25, 0.3) is 10.8 Å². The number of nitrogens with zero attached hydrogens (tertiary/aromatic N) is 2. The Hall–Kier alpha value is -1.20. The summed E-state index contributed by atoms with van der Waals surface area (Å²) in [5.41, 5.74) is 0. The van der Waals surface area contributed by atoms with Crippen LogP contribution in [0.2, 0.25) is 0 Å². The standard InChI is InChI=1S/C12H17N3OS/c1-9(2)13-7-3-6-11-14-15-12(17-11)10-5-4-8-16-10/h4-5,8-9,13H,3,6-7H2,1-2H3. The highest BCUT2D eigenvalue weighted by Gasteiger charge is 2.08. The lowest BCUT2D eigenvalue weighted by molar-refractivity contribution is 0.569. The molecule has 1 N–H and O–H groups in total. The van der Waals surface area contributed by atoms with Crippen LogP contribution in [0.4, 0.5) is 0 Å². The molecule has 0 saturated heterocycles. The van der Waals surface area contributed by atoms with E-state index in [4.69, 9.17) is 4.42 Å². The predicted molar refractivity (Wildman–Crippen MR) is 69.1 cm³/mol. The van der Waals surface area contributed by atoms with E-state index in [1.807, 2.05) is 12.1 Å². The van der Waals surface area contributed by atoms with Crippen LogP contribution >= 0.6 is 11.3 Å². The lowest BCUT2D eigenvalue weighted by Crippen LogP contribution is -2.23. The maximum atomic E-state index is 5.29. The van der Waals surface area contributed by atoms with Gasteiger partial charge < -0.3 is 9.73 Å². The smallest absolute Gasteiger partial charge is 0.183 e. The molecule has 0 aliphatic rings. The normalized spacial score (nSPS) is 11.2. The molecule has 0 fully saturated rings. The van der Waals surface area contributed by atoms with E-state index in [0.29, 0.717) is 6.04 Å².